The topological polar surface area (TPSA) is 68.3 Å². The number of carbonyl (C=O) groups excluding carboxylic acids is 2. The maximum absolute atomic E-state index is 12.4. The number of rotatable bonds is 4. The van der Waals surface area contributed by atoms with Crippen molar-refractivity contribution in [2.75, 3.05) is 5.32 Å². The molecule has 0 fully saturated rings. The normalized spacial score (nSPS) is 11.0. The number of amides is 1. The van der Waals surface area contributed by atoms with E-state index >= 15 is 0 Å². The summed E-state index contributed by atoms with van der Waals surface area (Å²) in [5.41, 5.74) is 2.64. The molecule has 0 aliphatic rings. The van der Waals surface area contributed by atoms with Crippen LogP contribution in [-0.4, -0.2) is 16.9 Å². The first-order valence-corrected chi connectivity index (χ1v) is 8.98. The smallest absolute Gasteiger partial charge is 0.362 e. The SMILES string of the molecule is CC(C)(C)c1ccc(C(=O)Nc2ccc(OC(=O)c3ccccn3)cc2)cc1. The lowest BCUT2D eigenvalue weighted by atomic mass is 9.87. The molecule has 3 aromatic rings. The highest BCUT2D eigenvalue weighted by atomic mass is 16.5. The molecule has 2 aromatic carbocycles. The summed E-state index contributed by atoms with van der Waals surface area (Å²) >= 11 is 0. The Morgan fingerprint density at radius 1 is 0.893 bits per heavy atom. The largest absolute Gasteiger partial charge is 0.422 e. The number of ether oxygens (including phenoxy) is 1. The van der Waals surface area contributed by atoms with Crippen LogP contribution >= 0.6 is 0 Å². The van der Waals surface area contributed by atoms with E-state index in [4.69, 9.17) is 4.74 Å². The second kappa shape index (κ2) is 8.05. The van der Waals surface area contributed by atoms with Crippen molar-refractivity contribution in [2.24, 2.45) is 0 Å². The summed E-state index contributed by atoms with van der Waals surface area (Å²) in [6, 6.07) is 19.2. The number of aromatic nitrogens is 1. The van der Waals surface area contributed by atoms with Crippen molar-refractivity contribution in [2.45, 2.75) is 26.2 Å². The summed E-state index contributed by atoms with van der Waals surface area (Å²) in [4.78, 5) is 28.4. The zero-order chi connectivity index (χ0) is 20.1. The van der Waals surface area contributed by atoms with Crippen LogP contribution < -0.4 is 10.1 Å². The van der Waals surface area contributed by atoms with Crippen LogP contribution in [0.25, 0.3) is 0 Å². The van der Waals surface area contributed by atoms with Crippen LogP contribution in [0.2, 0.25) is 0 Å². The van der Waals surface area contributed by atoms with Gasteiger partial charge in [-0.05, 0) is 59.5 Å². The van der Waals surface area contributed by atoms with Crippen LogP contribution in [-0.2, 0) is 5.41 Å². The van der Waals surface area contributed by atoms with Gasteiger partial charge in [0.15, 0.2) is 0 Å². The highest BCUT2D eigenvalue weighted by Crippen LogP contribution is 2.23. The van der Waals surface area contributed by atoms with E-state index in [1.54, 1.807) is 42.5 Å². The molecule has 142 valence electrons. The molecular formula is C23H22N2O3. The minimum atomic E-state index is -0.531. The van der Waals surface area contributed by atoms with Crippen LogP contribution in [0.1, 0.15) is 47.2 Å². The van der Waals surface area contributed by atoms with Gasteiger partial charge in [-0.3, -0.25) is 4.79 Å². The van der Waals surface area contributed by atoms with Gasteiger partial charge in [0, 0.05) is 17.4 Å². The van der Waals surface area contributed by atoms with Gasteiger partial charge in [0.05, 0.1) is 0 Å². The molecule has 0 radical (unpaired) electrons. The lowest BCUT2D eigenvalue weighted by molar-refractivity contribution is 0.0728. The van der Waals surface area contributed by atoms with Crippen molar-refractivity contribution in [3.05, 3.63) is 89.7 Å². The summed E-state index contributed by atoms with van der Waals surface area (Å²) in [5, 5.41) is 2.84. The van der Waals surface area contributed by atoms with E-state index in [2.05, 4.69) is 31.1 Å². The quantitative estimate of drug-likeness (QED) is 0.523. The Balaban J connectivity index is 1.62. The second-order valence-electron chi connectivity index (χ2n) is 7.41. The molecular weight excluding hydrogens is 352 g/mol. The van der Waals surface area contributed by atoms with Crippen molar-refractivity contribution >= 4 is 17.6 Å². The maximum Gasteiger partial charge on any atom is 0.362 e. The van der Waals surface area contributed by atoms with E-state index in [0.717, 1.165) is 0 Å². The van der Waals surface area contributed by atoms with Gasteiger partial charge in [0.1, 0.15) is 11.4 Å². The van der Waals surface area contributed by atoms with Crippen LogP contribution in [0.15, 0.2) is 72.9 Å². The third-order valence-corrected chi connectivity index (χ3v) is 4.21. The Morgan fingerprint density at radius 2 is 1.57 bits per heavy atom. The highest BCUT2D eigenvalue weighted by molar-refractivity contribution is 6.04. The molecule has 3 rings (SSSR count). The van der Waals surface area contributed by atoms with Crippen molar-refractivity contribution in [3.8, 4) is 5.75 Å². The van der Waals surface area contributed by atoms with Crippen molar-refractivity contribution in [3.63, 3.8) is 0 Å². The number of benzene rings is 2. The van der Waals surface area contributed by atoms with E-state index in [-0.39, 0.29) is 17.0 Å². The monoisotopic (exact) mass is 374 g/mol. The average molecular weight is 374 g/mol. The van der Waals surface area contributed by atoms with Gasteiger partial charge in [0.25, 0.3) is 5.91 Å². The number of nitrogens with zero attached hydrogens (tertiary/aromatic N) is 1. The van der Waals surface area contributed by atoms with E-state index in [0.29, 0.717) is 17.0 Å². The predicted octanol–water partition coefficient (Wildman–Crippen LogP) is 4.85. The Labute approximate surface area is 164 Å². The van der Waals surface area contributed by atoms with E-state index < -0.39 is 5.97 Å². The summed E-state index contributed by atoms with van der Waals surface area (Å²) < 4.78 is 5.28. The van der Waals surface area contributed by atoms with Gasteiger partial charge in [-0.1, -0.05) is 39.0 Å². The molecule has 0 bridgehead atoms. The molecule has 0 aliphatic heterocycles. The fourth-order valence-corrected chi connectivity index (χ4v) is 2.57. The maximum atomic E-state index is 12.4. The molecule has 0 saturated carbocycles. The Bertz CT molecular complexity index is 957. The Kier molecular flexibility index (Phi) is 5.54. The average Bonchev–Trinajstić information content (AvgIpc) is 2.69. The third-order valence-electron chi connectivity index (χ3n) is 4.21. The zero-order valence-electron chi connectivity index (χ0n) is 16.1. The summed E-state index contributed by atoms with van der Waals surface area (Å²) in [6.45, 7) is 6.39. The summed E-state index contributed by atoms with van der Waals surface area (Å²) in [6.07, 6.45) is 1.53. The highest BCUT2D eigenvalue weighted by Gasteiger charge is 2.14. The van der Waals surface area contributed by atoms with Gasteiger partial charge in [-0.2, -0.15) is 0 Å². The lowest BCUT2D eigenvalue weighted by Crippen LogP contribution is -2.14. The van der Waals surface area contributed by atoms with Gasteiger partial charge >= 0.3 is 5.97 Å². The molecule has 0 unspecified atom stereocenters. The molecule has 28 heavy (non-hydrogen) atoms. The number of nitrogens with one attached hydrogen (secondary N) is 1. The number of anilines is 1. The lowest BCUT2D eigenvalue weighted by Gasteiger charge is -2.19. The van der Waals surface area contributed by atoms with Crippen LogP contribution in [0.3, 0.4) is 0 Å². The minimum absolute atomic E-state index is 0.0392. The number of hydrogen-bond acceptors (Lipinski definition) is 4. The van der Waals surface area contributed by atoms with Gasteiger partial charge < -0.3 is 10.1 Å². The van der Waals surface area contributed by atoms with Crippen molar-refractivity contribution in [1.29, 1.82) is 0 Å². The fraction of sp³-hybridized carbons (Fsp3) is 0.174. The Hall–Kier alpha value is -3.47. The first kappa shape index (κ1) is 19.3. The number of carbonyl (C=O) groups is 2. The fourth-order valence-electron chi connectivity index (χ4n) is 2.57. The molecule has 0 saturated heterocycles. The molecule has 1 aromatic heterocycles. The molecule has 5 heteroatoms. The van der Waals surface area contributed by atoms with Crippen LogP contribution in [0.5, 0.6) is 5.75 Å². The van der Waals surface area contributed by atoms with Gasteiger partial charge in [0.2, 0.25) is 0 Å². The number of esters is 1. The summed E-state index contributed by atoms with van der Waals surface area (Å²) in [7, 11) is 0. The van der Waals surface area contributed by atoms with E-state index in [9.17, 15) is 9.59 Å². The molecule has 0 atom stereocenters. The summed E-state index contributed by atoms with van der Waals surface area (Å²) in [5.74, 6) is -0.349. The van der Waals surface area contributed by atoms with Crippen molar-refractivity contribution in [1.82, 2.24) is 4.98 Å². The van der Waals surface area contributed by atoms with E-state index in [1.807, 2.05) is 24.3 Å². The van der Waals surface area contributed by atoms with Gasteiger partial charge in [-0.15, -0.1) is 0 Å². The molecule has 0 spiro atoms. The second-order valence-corrected chi connectivity index (χ2v) is 7.41. The molecule has 1 amide bonds. The Morgan fingerprint density at radius 3 is 2.14 bits per heavy atom. The first-order chi connectivity index (χ1) is 13.3. The third kappa shape index (κ3) is 4.82. The van der Waals surface area contributed by atoms with E-state index in [1.165, 1.54) is 11.8 Å². The molecule has 5 nitrogen and oxygen atoms in total. The number of pyridine rings is 1. The molecule has 1 heterocycles. The molecule has 1 N–H and O–H groups in total. The van der Waals surface area contributed by atoms with Crippen molar-refractivity contribution < 1.29 is 14.3 Å². The minimum Gasteiger partial charge on any atom is -0.422 e. The first-order valence-electron chi connectivity index (χ1n) is 8.98. The van der Waals surface area contributed by atoms with Gasteiger partial charge in [-0.25, -0.2) is 9.78 Å². The predicted molar refractivity (Wildman–Crippen MR) is 109 cm³/mol. The number of hydrogen-bond donors (Lipinski definition) is 1. The van der Waals surface area contributed by atoms with Crippen LogP contribution in [0.4, 0.5) is 5.69 Å². The molecule has 0 aliphatic carbocycles. The zero-order valence-corrected chi connectivity index (χ0v) is 16.1. The standard InChI is InChI=1S/C23H22N2O3/c1-23(2,3)17-9-7-16(8-10-17)21(26)25-18-11-13-19(14-12-18)28-22(27)20-6-4-5-15-24-20/h4-15H,1-3H3,(H,25,26). The van der Waals surface area contributed by atoms with Crippen LogP contribution in [0, 0.1) is 0 Å².